The molecule has 0 aliphatic heterocycles. The van der Waals surface area contributed by atoms with E-state index in [1.165, 1.54) is 128 Å². The van der Waals surface area contributed by atoms with Gasteiger partial charge >= 0.3 is 5.97 Å². The second kappa shape index (κ2) is 28.0. The van der Waals surface area contributed by atoms with Crippen LogP contribution in [0.3, 0.4) is 0 Å². The van der Waals surface area contributed by atoms with Crippen molar-refractivity contribution in [1.29, 1.82) is 0 Å². The van der Waals surface area contributed by atoms with Crippen LogP contribution in [-0.2, 0) is 4.79 Å². The van der Waals surface area contributed by atoms with E-state index in [1.54, 1.807) is 0 Å². The zero-order valence-corrected chi connectivity index (χ0v) is 21.6. The van der Waals surface area contributed by atoms with Gasteiger partial charge in [-0.05, 0) is 38.5 Å². The van der Waals surface area contributed by atoms with Crippen molar-refractivity contribution in [2.45, 2.75) is 161 Å². The summed E-state index contributed by atoms with van der Waals surface area (Å²) in [6, 6.07) is 0. The summed E-state index contributed by atoms with van der Waals surface area (Å²) >= 11 is 0. The molecule has 1 N–H and O–H groups in total. The van der Waals surface area contributed by atoms with Crippen LogP contribution in [0.4, 0.5) is 0 Å². The molecule has 0 aliphatic carbocycles. The molecule has 0 aromatic heterocycles. The molecule has 0 radical (unpaired) electrons. The highest BCUT2D eigenvalue weighted by Crippen LogP contribution is 2.13. The normalized spacial score (nSPS) is 11.8. The van der Waals surface area contributed by atoms with Gasteiger partial charge in [0.1, 0.15) is 0 Å². The topological polar surface area (TPSA) is 37.3 Å². The number of allylic oxidation sites excluding steroid dienone is 4. The highest BCUT2D eigenvalue weighted by Gasteiger charge is 1.96. The van der Waals surface area contributed by atoms with Crippen molar-refractivity contribution in [1.82, 2.24) is 0 Å². The predicted octanol–water partition coefficient (Wildman–Crippen LogP) is 10.6. The molecule has 188 valence electrons. The van der Waals surface area contributed by atoms with E-state index < -0.39 is 5.97 Å². The maximum absolute atomic E-state index is 10.4. The number of unbranched alkanes of at least 4 members (excludes halogenated alkanes) is 20. The molecule has 0 aromatic rings. The Morgan fingerprint density at radius 2 is 0.844 bits per heavy atom. The molecule has 0 aliphatic rings. The van der Waals surface area contributed by atoms with Gasteiger partial charge in [-0.25, -0.2) is 0 Å². The lowest BCUT2D eigenvalue weighted by Crippen LogP contribution is -1.93. The van der Waals surface area contributed by atoms with E-state index >= 15 is 0 Å². The van der Waals surface area contributed by atoms with Crippen LogP contribution in [0.1, 0.15) is 161 Å². The highest BCUT2D eigenvalue weighted by molar-refractivity contribution is 5.66. The predicted molar refractivity (Wildman–Crippen MR) is 142 cm³/mol. The van der Waals surface area contributed by atoms with E-state index in [9.17, 15) is 4.79 Å². The largest absolute Gasteiger partial charge is 0.481 e. The van der Waals surface area contributed by atoms with Gasteiger partial charge in [-0.15, -0.1) is 0 Å². The van der Waals surface area contributed by atoms with Crippen molar-refractivity contribution in [3.05, 3.63) is 24.3 Å². The molecule has 2 nitrogen and oxygen atoms in total. The van der Waals surface area contributed by atoms with E-state index in [0.717, 1.165) is 19.3 Å². The molecule has 0 fully saturated rings. The molecule has 2 heteroatoms. The van der Waals surface area contributed by atoms with E-state index in [4.69, 9.17) is 5.11 Å². The van der Waals surface area contributed by atoms with Crippen molar-refractivity contribution >= 4 is 5.97 Å². The van der Waals surface area contributed by atoms with Crippen LogP contribution >= 0.6 is 0 Å². The summed E-state index contributed by atoms with van der Waals surface area (Å²) in [5.41, 5.74) is 0. The zero-order valence-electron chi connectivity index (χ0n) is 21.6. The first kappa shape index (κ1) is 30.9. The molecule has 0 heterocycles. The lowest BCUT2D eigenvalue weighted by atomic mass is 10.0. The molecule has 0 saturated heterocycles. The monoisotopic (exact) mass is 448 g/mol. The lowest BCUT2D eigenvalue weighted by Gasteiger charge is -2.02. The van der Waals surface area contributed by atoms with Gasteiger partial charge < -0.3 is 5.11 Å². The Morgan fingerprint density at radius 1 is 0.500 bits per heavy atom. The third kappa shape index (κ3) is 28.9. The minimum absolute atomic E-state index is 0.329. The van der Waals surface area contributed by atoms with Crippen molar-refractivity contribution in [2.24, 2.45) is 0 Å². The quantitative estimate of drug-likeness (QED) is 0.105. The van der Waals surface area contributed by atoms with Gasteiger partial charge in [0.05, 0.1) is 0 Å². The summed E-state index contributed by atoms with van der Waals surface area (Å²) in [5.74, 6) is -0.663. The average Bonchev–Trinajstić information content (AvgIpc) is 2.78. The van der Waals surface area contributed by atoms with Gasteiger partial charge in [-0.2, -0.15) is 0 Å². The Morgan fingerprint density at radius 3 is 1.22 bits per heavy atom. The molecular formula is C30H56O2. The first-order valence-corrected chi connectivity index (χ1v) is 14.3. The van der Waals surface area contributed by atoms with Crippen LogP contribution in [0, 0.1) is 0 Å². The number of hydrogen-bond donors (Lipinski definition) is 1. The van der Waals surface area contributed by atoms with Crippen LogP contribution in [0.5, 0.6) is 0 Å². The fourth-order valence-corrected chi connectivity index (χ4v) is 4.21. The minimum atomic E-state index is -0.663. The molecule has 0 amide bonds. The van der Waals surface area contributed by atoms with E-state index in [2.05, 4.69) is 31.2 Å². The lowest BCUT2D eigenvalue weighted by molar-refractivity contribution is -0.137. The van der Waals surface area contributed by atoms with E-state index in [0.29, 0.717) is 6.42 Å². The molecule has 0 spiro atoms. The molecule has 0 rings (SSSR count). The SMILES string of the molecule is CCCCCCCCCCCCCCCCC=CCC=CCCCCCCCCC(=O)O. The van der Waals surface area contributed by atoms with Gasteiger partial charge in [0.25, 0.3) is 0 Å². The average molecular weight is 449 g/mol. The standard InChI is InChI=1S/C30H56O2/c1-2-3-4-5-6-7-8-9-10-11-12-13-14-15-16-17-18-19-20-21-22-23-24-25-26-27-28-29-30(31)32/h17-18,20-21H,2-16,19,22-29H2,1H3,(H,31,32). The van der Waals surface area contributed by atoms with Gasteiger partial charge in [-0.3, -0.25) is 4.79 Å². The van der Waals surface area contributed by atoms with Gasteiger partial charge in [0.2, 0.25) is 0 Å². The third-order valence-electron chi connectivity index (χ3n) is 6.34. The van der Waals surface area contributed by atoms with Crippen molar-refractivity contribution in [3.8, 4) is 0 Å². The molecule has 0 bridgehead atoms. The number of hydrogen-bond acceptors (Lipinski definition) is 1. The number of carbonyl (C=O) groups is 1. The first-order valence-electron chi connectivity index (χ1n) is 14.3. The number of carboxylic acids is 1. The minimum Gasteiger partial charge on any atom is -0.481 e. The summed E-state index contributed by atoms with van der Waals surface area (Å²) in [6.45, 7) is 2.29. The Balaban J connectivity index is 3.16. The maximum Gasteiger partial charge on any atom is 0.303 e. The number of rotatable bonds is 26. The van der Waals surface area contributed by atoms with E-state index in [-0.39, 0.29) is 0 Å². The Kier molecular flexibility index (Phi) is 27.1. The highest BCUT2D eigenvalue weighted by atomic mass is 16.4. The van der Waals surface area contributed by atoms with Gasteiger partial charge in [0.15, 0.2) is 0 Å². The molecule has 0 unspecified atom stereocenters. The molecule has 0 atom stereocenters. The molecule has 0 saturated carbocycles. The van der Waals surface area contributed by atoms with Crippen molar-refractivity contribution in [2.75, 3.05) is 0 Å². The zero-order chi connectivity index (χ0) is 23.4. The Hall–Kier alpha value is -1.05. The number of carboxylic acid groups (broad SMARTS) is 1. The maximum atomic E-state index is 10.4. The summed E-state index contributed by atoms with van der Waals surface area (Å²) in [7, 11) is 0. The Bertz CT molecular complexity index is 425. The van der Waals surface area contributed by atoms with Crippen LogP contribution < -0.4 is 0 Å². The van der Waals surface area contributed by atoms with Crippen LogP contribution in [0.2, 0.25) is 0 Å². The van der Waals surface area contributed by atoms with Crippen molar-refractivity contribution < 1.29 is 9.90 Å². The van der Waals surface area contributed by atoms with Crippen LogP contribution in [0.15, 0.2) is 24.3 Å². The van der Waals surface area contributed by atoms with Crippen LogP contribution in [-0.4, -0.2) is 11.1 Å². The molecular weight excluding hydrogens is 392 g/mol. The summed E-state index contributed by atoms with van der Waals surface area (Å²) in [4.78, 5) is 10.4. The number of aliphatic carboxylic acids is 1. The fraction of sp³-hybridized carbons (Fsp3) is 0.833. The van der Waals surface area contributed by atoms with Gasteiger partial charge in [0, 0.05) is 6.42 Å². The second-order valence-electron chi connectivity index (χ2n) is 9.62. The molecule has 32 heavy (non-hydrogen) atoms. The van der Waals surface area contributed by atoms with E-state index in [1.807, 2.05) is 0 Å². The smallest absolute Gasteiger partial charge is 0.303 e. The molecule has 0 aromatic carbocycles. The summed E-state index contributed by atoms with van der Waals surface area (Å²) in [6.07, 6.45) is 40.0. The summed E-state index contributed by atoms with van der Waals surface area (Å²) in [5, 5.41) is 8.59. The van der Waals surface area contributed by atoms with Gasteiger partial charge in [-0.1, -0.05) is 140 Å². The summed E-state index contributed by atoms with van der Waals surface area (Å²) < 4.78 is 0. The fourth-order valence-electron chi connectivity index (χ4n) is 4.21. The first-order chi connectivity index (χ1) is 15.8. The third-order valence-corrected chi connectivity index (χ3v) is 6.34. The van der Waals surface area contributed by atoms with Crippen molar-refractivity contribution in [3.63, 3.8) is 0 Å². The second-order valence-corrected chi connectivity index (χ2v) is 9.62. The van der Waals surface area contributed by atoms with Crippen LogP contribution in [0.25, 0.3) is 0 Å². The Labute approximate surface area is 201 Å².